The Morgan fingerprint density at radius 1 is 1.04 bits per heavy atom. The van der Waals surface area contributed by atoms with Crippen LogP contribution in [0, 0.1) is 6.92 Å². The third kappa shape index (κ3) is 3.57. The van der Waals surface area contributed by atoms with E-state index in [2.05, 4.69) is 5.32 Å². The summed E-state index contributed by atoms with van der Waals surface area (Å²) < 4.78 is 0. The second-order valence-electron chi connectivity index (χ2n) is 6.33. The number of imide groups is 2. The molecule has 1 N–H and O–H groups in total. The SMILES string of the molecule is Cc1c(Cl)cccc1N1C(=O)NC(=O)/C(=C\c2ccc(N(C)C)cc2)C1=O. The predicted molar refractivity (Wildman–Crippen MR) is 106 cm³/mol. The van der Waals surface area contributed by atoms with Crippen LogP contribution in [0.3, 0.4) is 0 Å². The van der Waals surface area contributed by atoms with Crippen molar-refractivity contribution in [3.8, 4) is 0 Å². The van der Waals surface area contributed by atoms with E-state index < -0.39 is 17.8 Å². The van der Waals surface area contributed by atoms with Gasteiger partial charge in [-0.15, -0.1) is 0 Å². The number of carbonyl (C=O) groups excluding carboxylic acids is 3. The molecule has 0 aromatic heterocycles. The summed E-state index contributed by atoms with van der Waals surface area (Å²) in [5, 5.41) is 2.64. The number of halogens is 1. The lowest BCUT2D eigenvalue weighted by molar-refractivity contribution is -0.122. The molecule has 7 heteroatoms. The Balaban J connectivity index is 2.01. The van der Waals surface area contributed by atoms with Crippen LogP contribution in [0.25, 0.3) is 6.08 Å². The maximum atomic E-state index is 12.9. The zero-order valence-electron chi connectivity index (χ0n) is 15.1. The highest BCUT2D eigenvalue weighted by Gasteiger charge is 2.37. The van der Waals surface area contributed by atoms with Crippen molar-refractivity contribution in [2.45, 2.75) is 6.92 Å². The number of barbiturate groups is 1. The minimum Gasteiger partial charge on any atom is -0.378 e. The number of anilines is 2. The number of hydrogen-bond donors (Lipinski definition) is 1. The van der Waals surface area contributed by atoms with Gasteiger partial charge in [-0.3, -0.25) is 14.9 Å². The average Bonchev–Trinajstić information content (AvgIpc) is 2.62. The molecule has 0 bridgehead atoms. The third-order valence-electron chi connectivity index (χ3n) is 4.30. The van der Waals surface area contributed by atoms with Gasteiger partial charge in [-0.05, 0) is 48.4 Å². The van der Waals surface area contributed by atoms with Gasteiger partial charge in [-0.25, -0.2) is 9.69 Å². The Bertz CT molecular complexity index is 965. The Labute approximate surface area is 162 Å². The maximum absolute atomic E-state index is 12.9. The van der Waals surface area contributed by atoms with Crippen molar-refractivity contribution in [2.75, 3.05) is 23.9 Å². The van der Waals surface area contributed by atoms with Crippen molar-refractivity contribution in [2.24, 2.45) is 0 Å². The van der Waals surface area contributed by atoms with E-state index in [1.165, 1.54) is 6.08 Å². The highest BCUT2D eigenvalue weighted by Crippen LogP contribution is 2.29. The molecule has 0 aliphatic carbocycles. The number of nitrogens with zero attached hydrogens (tertiary/aromatic N) is 2. The van der Waals surface area contributed by atoms with Gasteiger partial charge < -0.3 is 4.90 Å². The summed E-state index contributed by atoms with van der Waals surface area (Å²) in [7, 11) is 3.84. The lowest BCUT2D eigenvalue weighted by Crippen LogP contribution is -2.54. The van der Waals surface area contributed by atoms with E-state index in [0.29, 0.717) is 21.8 Å². The molecular formula is C20H18ClN3O3. The largest absolute Gasteiger partial charge is 0.378 e. The van der Waals surface area contributed by atoms with Gasteiger partial charge >= 0.3 is 6.03 Å². The number of nitrogens with one attached hydrogen (secondary N) is 1. The molecule has 2 aromatic carbocycles. The molecule has 1 aliphatic rings. The second kappa shape index (κ2) is 7.25. The molecule has 138 valence electrons. The smallest absolute Gasteiger partial charge is 0.335 e. The molecule has 0 atom stereocenters. The van der Waals surface area contributed by atoms with Crippen molar-refractivity contribution < 1.29 is 14.4 Å². The van der Waals surface area contributed by atoms with E-state index in [9.17, 15) is 14.4 Å². The number of rotatable bonds is 3. The highest BCUT2D eigenvalue weighted by molar-refractivity contribution is 6.39. The third-order valence-corrected chi connectivity index (χ3v) is 4.71. The molecule has 1 aliphatic heterocycles. The molecule has 6 nitrogen and oxygen atoms in total. The van der Waals surface area contributed by atoms with Crippen molar-refractivity contribution in [3.63, 3.8) is 0 Å². The Hall–Kier alpha value is -3.12. The molecule has 2 aromatic rings. The topological polar surface area (TPSA) is 69.7 Å². The first kappa shape index (κ1) is 18.7. The zero-order valence-corrected chi connectivity index (χ0v) is 15.9. The fourth-order valence-corrected chi connectivity index (χ4v) is 2.92. The van der Waals surface area contributed by atoms with E-state index in [0.717, 1.165) is 10.6 Å². The molecule has 27 heavy (non-hydrogen) atoms. The molecule has 0 radical (unpaired) electrons. The average molecular weight is 384 g/mol. The Kier molecular flexibility index (Phi) is 5.01. The van der Waals surface area contributed by atoms with E-state index in [4.69, 9.17) is 11.6 Å². The summed E-state index contributed by atoms with van der Waals surface area (Å²) in [4.78, 5) is 40.3. The first-order chi connectivity index (χ1) is 12.8. The molecular weight excluding hydrogens is 366 g/mol. The number of carbonyl (C=O) groups is 3. The second-order valence-corrected chi connectivity index (χ2v) is 6.73. The predicted octanol–water partition coefficient (Wildman–Crippen LogP) is 3.38. The van der Waals surface area contributed by atoms with Gasteiger partial charge in [0.2, 0.25) is 0 Å². The van der Waals surface area contributed by atoms with Gasteiger partial charge in [0, 0.05) is 24.8 Å². The fourth-order valence-electron chi connectivity index (χ4n) is 2.75. The molecule has 0 spiro atoms. The zero-order chi connectivity index (χ0) is 19.7. The molecule has 0 unspecified atom stereocenters. The van der Waals surface area contributed by atoms with E-state index >= 15 is 0 Å². The lowest BCUT2D eigenvalue weighted by Gasteiger charge is -2.27. The molecule has 1 fully saturated rings. The molecule has 1 heterocycles. The molecule has 0 saturated carbocycles. The van der Waals surface area contributed by atoms with Gasteiger partial charge in [0.1, 0.15) is 5.57 Å². The first-order valence-electron chi connectivity index (χ1n) is 8.23. The normalized spacial score (nSPS) is 15.9. The van der Waals surface area contributed by atoms with Crippen LogP contribution < -0.4 is 15.1 Å². The first-order valence-corrected chi connectivity index (χ1v) is 8.61. The standard InChI is InChI=1S/C20H18ClN3O3/c1-12-16(21)5-4-6-17(12)24-19(26)15(18(25)22-20(24)27)11-13-7-9-14(10-8-13)23(2)3/h4-11H,1-3H3,(H,22,25,27)/b15-11+. The van der Waals surface area contributed by atoms with Gasteiger partial charge in [0.05, 0.1) is 5.69 Å². The van der Waals surface area contributed by atoms with E-state index in [1.54, 1.807) is 37.3 Å². The van der Waals surface area contributed by atoms with Crippen LogP contribution >= 0.6 is 11.6 Å². The van der Waals surface area contributed by atoms with Crippen molar-refractivity contribution in [3.05, 3.63) is 64.2 Å². The summed E-state index contributed by atoms with van der Waals surface area (Å²) in [5.74, 6) is -1.41. The Morgan fingerprint density at radius 3 is 2.33 bits per heavy atom. The van der Waals surface area contributed by atoms with Crippen LogP contribution in [0.15, 0.2) is 48.0 Å². The van der Waals surface area contributed by atoms with Crippen molar-refractivity contribution >= 4 is 46.9 Å². The van der Waals surface area contributed by atoms with E-state index in [-0.39, 0.29) is 5.57 Å². The highest BCUT2D eigenvalue weighted by atomic mass is 35.5. The van der Waals surface area contributed by atoms with Crippen molar-refractivity contribution in [1.29, 1.82) is 0 Å². The molecule has 1 saturated heterocycles. The summed E-state index contributed by atoms with van der Waals surface area (Å²) in [6, 6.07) is 11.5. The van der Waals surface area contributed by atoms with Crippen molar-refractivity contribution in [1.82, 2.24) is 5.32 Å². The maximum Gasteiger partial charge on any atom is 0.335 e. The van der Waals surface area contributed by atoms with Gasteiger partial charge in [-0.2, -0.15) is 0 Å². The van der Waals surface area contributed by atoms with Crippen LogP contribution in [0.4, 0.5) is 16.2 Å². The number of benzene rings is 2. The minimum atomic E-state index is -0.796. The minimum absolute atomic E-state index is 0.119. The van der Waals surface area contributed by atoms with Crippen LogP contribution in [0.2, 0.25) is 5.02 Å². The van der Waals surface area contributed by atoms with Gasteiger partial charge in [0.15, 0.2) is 0 Å². The monoisotopic (exact) mass is 383 g/mol. The number of hydrogen-bond acceptors (Lipinski definition) is 4. The van der Waals surface area contributed by atoms with E-state index in [1.807, 2.05) is 31.1 Å². The van der Waals surface area contributed by atoms with Crippen LogP contribution in [0.5, 0.6) is 0 Å². The summed E-state index contributed by atoms with van der Waals surface area (Å²) in [5.41, 5.74) is 2.46. The Morgan fingerprint density at radius 2 is 1.70 bits per heavy atom. The summed E-state index contributed by atoms with van der Waals surface area (Å²) >= 11 is 6.11. The lowest BCUT2D eigenvalue weighted by atomic mass is 10.1. The van der Waals surface area contributed by atoms with Gasteiger partial charge in [0.25, 0.3) is 11.8 Å². The molecule has 3 rings (SSSR count). The quantitative estimate of drug-likeness (QED) is 0.651. The number of amides is 4. The van der Waals surface area contributed by atoms with Crippen LogP contribution in [-0.4, -0.2) is 31.9 Å². The fraction of sp³-hybridized carbons (Fsp3) is 0.150. The summed E-state index contributed by atoms with van der Waals surface area (Å²) in [6.45, 7) is 1.71. The number of urea groups is 1. The van der Waals surface area contributed by atoms with Crippen LogP contribution in [0.1, 0.15) is 11.1 Å². The van der Waals surface area contributed by atoms with Crippen LogP contribution in [-0.2, 0) is 9.59 Å². The summed E-state index contributed by atoms with van der Waals surface area (Å²) in [6.07, 6.45) is 1.47. The van der Waals surface area contributed by atoms with Gasteiger partial charge in [-0.1, -0.05) is 29.8 Å². The molecule has 4 amide bonds.